The molecule has 0 radical (unpaired) electrons. The average Bonchev–Trinajstić information content (AvgIpc) is 2.97. The molecular weight excluding hydrogens is 541 g/mol. The Morgan fingerprint density at radius 2 is 1.37 bits per heavy atom. The number of amides is 1. The van der Waals surface area contributed by atoms with Crippen LogP contribution < -0.4 is 5.73 Å². The molecule has 3 aromatic carbocycles. The van der Waals surface area contributed by atoms with Crippen LogP contribution in [0.4, 0.5) is 13.2 Å². The van der Waals surface area contributed by atoms with Crippen LogP contribution >= 0.6 is 0 Å². The molecule has 8 nitrogen and oxygen atoms in total. The molecule has 0 saturated carbocycles. The fourth-order valence-electron chi connectivity index (χ4n) is 4.69. The second kappa shape index (κ2) is 13.7. The summed E-state index contributed by atoms with van der Waals surface area (Å²) in [7, 11) is 0. The smallest absolute Gasteiger partial charge is 0.478 e. The zero-order chi connectivity index (χ0) is 30.2. The van der Waals surface area contributed by atoms with Gasteiger partial charge in [-0.05, 0) is 53.8 Å². The monoisotopic (exact) mass is 570 g/mol. The summed E-state index contributed by atoms with van der Waals surface area (Å²) in [6.45, 7) is 0.908. The Hall–Kier alpha value is -4.51. The largest absolute Gasteiger partial charge is 0.490 e. The number of Topliss-reactive ketones (excluding diaryl/α,β-unsaturated/α-hetero) is 1. The van der Waals surface area contributed by atoms with Gasteiger partial charge in [-0.1, -0.05) is 54.6 Å². The Morgan fingerprint density at radius 3 is 1.88 bits per heavy atom. The number of aromatic carboxylic acids is 1. The number of rotatable bonds is 7. The SMILES string of the molecule is NCc1ccc(C(=O)N2CCCC(c3ccccc3)C2C(=O)Cc2ccc(C(=O)O)cc2)cc1.O=C(O)C(F)(F)F. The number of carbonyl (C=O) groups excluding carboxylic acids is 2. The summed E-state index contributed by atoms with van der Waals surface area (Å²) in [6.07, 6.45) is -3.33. The van der Waals surface area contributed by atoms with E-state index in [1.54, 1.807) is 29.2 Å². The number of piperidine rings is 1. The number of carboxylic acids is 2. The molecule has 1 fully saturated rings. The lowest BCUT2D eigenvalue weighted by molar-refractivity contribution is -0.192. The molecule has 11 heteroatoms. The minimum atomic E-state index is -5.08. The first kappa shape index (κ1) is 31.0. The van der Waals surface area contributed by atoms with Gasteiger partial charge in [0.15, 0.2) is 5.78 Å². The molecule has 2 atom stereocenters. The normalized spacial score (nSPS) is 16.7. The van der Waals surface area contributed by atoms with Crippen molar-refractivity contribution in [2.24, 2.45) is 5.73 Å². The third-order valence-corrected chi connectivity index (χ3v) is 6.71. The molecule has 216 valence electrons. The maximum atomic E-state index is 13.7. The van der Waals surface area contributed by atoms with E-state index in [0.29, 0.717) is 18.7 Å². The first-order valence-corrected chi connectivity index (χ1v) is 12.7. The second-order valence-corrected chi connectivity index (χ2v) is 9.45. The molecule has 1 heterocycles. The minimum Gasteiger partial charge on any atom is -0.478 e. The maximum Gasteiger partial charge on any atom is 0.490 e. The van der Waals surface area contributed by atoms with E-state index in [1.165, 1.54) is 12.1 Å². The van der Waals surface area contributed by atoms with Crippen LogP contribution in [0, 0.1) is 0 Å². The van der Waals surface area contributed by atoms with Gasteiger partial charge in [0.1, 0.15) is 0 Å². The molecule has 4 rings (SSSR count). The van der Waals surface area contributed by atoms with Crippen molar-refractivity contribution < 1.29 is 42.6 Å². The summed E-state index contributed by atoms with van der Waals surface area (Å²) in [5.74, 6) is -4.08. The number of alkyl halides is 3. The maximum absolute atomic E-state index is 13.7. The van der Waals surface area contributed by atoms with Gasteiger partial charge in [-0.15, -0.1) is 0 Å². The van der Waals surface area contributed by atoms with E-state index in [1.807, 2.05) is 42.5 Å². The summed E-state index contributed by atoms with van der Waals surface area (Å²) in [6, 6.07) is 22.8. The molecule has 2 unspecified atom stereocenters. The van der Waals surface area contributed by atoms with Crippen molar-refractivity contribution in [2.45, 2.75) is 43.9 Å². The van der Waals surface area contributed by atoms with Gasteiger partial charge in [0.2, 0.25) is 0 Å². The molecule has 1 saturated heterocycles. The molecule has 0 spiro atoms. The number of nitrogens with two attached hydrogens (primary N) is 1. The predicted molar refractivity (Wildman–Crippen MR) is 143 cm³/mol. The standard InChI is InChI=1S/C28H28N2O4.C2HF3O2/c29-18-20-10-12-22(13-11-20)27(32)30-16-4-7-24(21-5-2-1-3-6-21)26(30)25(31)17-19-8-14-23(15-9-19)28(33)34;3-2(4,5)1(6)7/h1-3,5-6,8-15,24,26H,4,7,16-18,29H2,(H,33,34);(H,6,7). The fourth-order valence-corrected chi connectivity index (χ4v) is 4.69. The van der Waals surface area contributed by atoms with E-state index in [9.17, 15) is 27.6 Å². The van der Waals surface area contributed by atoms with Gasteiger partial charge in [-0.3, -0.25) is 9.59 Å². The summed E-state index contributed by atoms with van der Waals surface area (Å²) in [5.41, 5.74) is 9.11. The lowest BCUT2D eigenvalue weighted by Crippen LogP contribution is -2.52. The highest BCUT2D eigenvalue weighted by Crippen LogP contribution is 2.35. The highest BCUT2D eigenvalue weighted by Gasteiger charge is 2.40. The molecule has 0 aromatic heterocycles. The van der Waals surface area contributed by atoms with Crippen molar-refractivity contribution in [1.82, 2.24) is 4.90 Å². The first-order chi connectivity index (χ1) is 19.4. The van der Waals surface area contributed by atoms with E-state index in [4.69, 9.17) is 20.7 Å². The van der Waals surface area contributed by atoms with Crippen LogP contribution in [0.2, 0.25) is 0 Å². The van der Waals surface area contributed by atoms with Crippen molar-refractivity contribution in [1.29, 1.82) is 0 Å². The molecule has 1 aliphatic rings. The van der Waals surface area contributed by atoms with E-state index in [-0.39, 0.29) is 29.6 Å². The van der Waals surface area contributed by atoms with Gasteiger partial charge in [0.05, 0.1) is 11.6 Å². The molecule has 0 aliphatic carbocycles. The quantitative estimate of drug-likeness (QED) is 0.375. The lowest BCUT2D eigenvalue weighted by Gasteiger charge is -2.41. The number of hydrogen-bond acceptors (Lipinski definition) is 5. The van der Waals surface area contributed by atoms with Crippen molar-refractivity contribution in [3.8, 4) is 0 Å². The zero-order valence-electron chi connectivity index (χ0n) is 21.9. The predicted octanol–water partition coefficient (Wildman–Crippen LogP) is 4.68. The van der Waals surface area contributed by atoms with Crippen LogP contribution in [-0.4, -0.2) is 57.5 Å². The number of benzene rings is 3. The summed E-state index contributed by atoms with van der Waals surface area (Å²) in [5, 5.41) is 16.3. The Morgan fingerprint density at radius 1 is 0.829 bits per heavy atom. The van der Waals surface area contributed by atoms with Crippen molar-refractivity contribution in [3.63, 3.8) is 0 Å². The number of halogens is 3. The summed E-state index contributed by atoms with van der Waals surface area (Å²) >= 11 is 0. The van der Waals surface area contributed by atoms with E-state index >= 15 is 0 Å². The van der Waals surface area contributed by atoms with E-state index < -0.39 is 24.2 Å². The number of carboxylic acid groups (broad SMARTS) is 2. The Balaban J connectivity index is 0.000000587. The number of ketones is 1. The highest BCUT2D eigenvalue weighted by molar-refractivity contribution is 5.99. The Bertz CT molecular complexity index is 1360. The first-order valence-electron chi connectivity index (χ1n) is 12.7. The molecule has 1 aliphatic heterocycles. The van der Waals surface area contributed by atoms with E-state index in [2.05, 4.69) is 0 Å². The van der Waals surface area contributed by atoms with Gasteiger partial charge in [-0.25, -0.2) is 9.59 Å². The summed E-state index contributed by atoms with van der Waals surface area (Å²) < 4.78 is 31.7. The van der Waals surface area contributed by atoms with Crippen LogP contribution in [0.3, 0.4) is 0 Å². The molecule has 0 bridgehead atoms. The van der Waals surface area contributed by atoms with Crippen LogP contribution in [0.5, 0.6) is 0 Å². The van der Waals surface area contributed by atoms with Crippen LogP contribution in [0.15, 0.2) is 78.9 Å². The molecular formula is C30H29F3N2O6. The van der Waals surface area contributed by atoms with Gasteiger partial charge < -0.3 is 20.8 Å². The fraction of sp³-hybridized carbons (Fsp3) is 0.267. The second-order valence-electron chi connectivity index (χ2n) is 9.45. The highest BCUT2D eigenvalue weighted by atomic mass is 19.4. The Kier molecular flexibility index (Phi) is 10.4. The zero-order valence-corrected chi connectivity index (χ0v) is 21.9. The molecule has 41 heavy (non-hydrogen) atoms. The lowest BCUT2D eigenvalue weighted by atomic mass is 9.80. The van der Waals surface area contributed by atoms with Crippen molar-refractivity contribution in [2.75, 3.05) is 6.54 Å². The third kappa shape index (κ3) is 8.24. The molecule has 4 N–H and O–H groups in total. The number of likely N-dealkylation sites (tertiary alicyclic amines) is 1. The number of aliphatic carboxylic acids is 1. The third-order valence-electron chi connectivity index (χ3n) is 6.71. The molecule has 1 amide bonds. The van der Waals surface area contributed by atoms with Crippen LogP contribution in [0.1, 0.15) is 56.2 Å². The average molecular weight is 571 g/mol. The topological polar surface area (TPSA) is 138 Å². The molecule has 3 aromatic rings. The Labute approximate surface area is 234 Å². The van der Waals surface area contributed by atoms with Gasteiger partial charge in [0, 0.05) is 31.0 Å². The van der Waals surface area contributed by atoms with E-state index in [0.717, 1.165) is 29.5 Å². The number of nitrogens with zero attached hydrogens (tertiary/aromatic N) is 1. The minimum absolute atomic E-state index is 0.0523. The van der Waals surface area contributed by atoms with Gasteiger partial charge in [-0.2, -0.15) is 13.2 Å². The number of carbonyl (C=O) groups is 4. The van der Waals surface area contributed by atoms with Crippen LogP contribution in [0.25, 0.3) is 0 Å². The van der Waals surface area contributed by atoms with Gasteiger partial charge >= 0.3 is 18.1 Å². The number of hydrogen-bond donors (Lipinski definition) is 3. The van der Waals surface area contributed by atoms with Crippen molar-refractivity contribution >= 4 is 23.6 Å². The summed E-state index contributed by atoms with van der Waals surface area (Å²) in [4.78, 5) is 49.0. The van der Waals surface area contributed by atoms with Crippen molar-refractivity contribution in [3.05, 3.63) is 107 Å². The van der Waals surface area contributed by atoms with Gasteiger partial charge in [0.25, 0.3) is 5.91 Å². The van der Waals surface area contributed by atoms with Crippen LogP contribution in [-0.2, 0) is 22.6 Å².